The molecule has 2 aromatic carbocycles. The number of ether oxygens (including phenoxy) is 4. The summed E-state index contributed by atoms with van der Waals surface area (Å²) >= 11 is 0. The molecular formula is C20H21NO7. The molecule has 8 nitrogen and oxygen atoms in total. The zero-order valence-electron chi connectivity index (χ0n) is 15.0. The van der Waals surface area contributed by atoms with E-state index < -0.39 is 41.9 Å². The average Bonchev–Trinajstić information content (AvgIpc) is 2.73. The number of rotatable bonds is 5. The van der Waals surface area contributed by atoms with Gasteiger partial charge in [-0.05, 0) is 5.56 Å². The molecule has 0 aromatic heterocycles. The Morgan fingerprint density at radius 1 is 1.07 bits per heavy atom. The molecule has 0 spiro atoms. The summed E-state index contributed by atoms with van der Waals surface area (Å²) in [4.78, 5) is 11.0. The van der Waals surface area contributed by atoms with Crippen LogP contribution < -0.4 is 0 Å². The Hall–Kier alpha value is -2.36. The highest BCUT2D eigenvalue weighted by Gasteiger charge is 2.55. The van der Waals surface area contributed by atoms with Gasteiger partial charge in [0, 0.05) is 10.5 Å². The van der Waals surface area contributed by atoms with Gasteiger partial charge in [0.15, 0.2) is 12.4 Å². The van der Waals surface area contributed by atoms with Crippen LogP contribution in [0.3, 0.4) is 0 Å². The molecule has 0 aliphatic carbocycles. The normalized spacial score (nSPS) is 32.5. The van der Waals surface area contributed by atoms with E-state index in [1.54, 1.807) is 0 Å². The van der Waals surface area contributed by atoms with Crippen LogP contribution in [0.15, 0.2) is 60.7 Å². The molecule has 0 saturated carbocycles. The maximum atomic E-state index is 11.6. The van der Waals surface area contributed by atoms with E-state index in [4.69, 9.17) is 18.9 Å². The van der Waals surface area contributed by atoms with Gasteiger partial charge in [-0.25, -0.2) is 0 Å². The quantitative estimate of drug-likeness (QED) is 0.619. The molecule has 6 atom stereocenters. The fourth-order valence-corrected chi connectivity index (χ4v) is 3.47. The van der Waals surface area contributed by atoms with Gasteiger partial charge < -0.3 is 24.1 Å². The maximum Gasteiger partial charge on any atom is 0.291 e. The van der Waals surface area contributed by atoms with E-state index in [9.17, 15) is 15.2 Å². The Bertz CT molecular complexity index is 788. The van der Waals surface area contributed by atoms with Gasteiger partial charge in [0.1, 0.15) is 12.2 Å². The second-order valence-corrected chi connectivity index (χ2v) is 6.78. The molecule has 0 amide bonds. The summed E-state index contributed by atoms with van der Waals surface area (Å²) in [7, 11) is 0. The molecule has 1 N–H and O–H groups in total. The van der Waals surface area contributed by atoms with Crippen LogP contribution in [0.1, 0.15) is 17.4 Å². The molecule has 2 aromatic rings. The average molecular weight is 387 g/mol. The summed E-state index contributed by atoms with van der Waals surface area (Å²) in [5, 5.41) is 22.3. The van der Waals surface area contributed by atoms with Crippen LogP contribution >= 0.6 is 0 Å². The second kappa shape index (κ2) is 8.34. The standard InChI is InChI=1S/C20H21NO7/c22-17-16(21(23)24)20(25-11-13-7-3-1-4-8-13)27-15-12-26-19(28-18(15)17)14-9-5-2-6-10-14/h1-10,15-20,22H,11-12H2/t15-,16-,17-,18-,19?,20-/m1/s1. The SMILES string of the molecule is O=[N+]([O-])[C@H]1[C@H](OCc2ccccc2)O[C@@H]2COC(c3ccccc3)O[C@H]2[C@@H]1O. The predicted octanol–water partition coefficient (Wildman–Crippen LogP) is 2.05. The Labute approximate surface area is 161 Å². The van der Waals surface area contributed by atoms with Crippen molar-refractivity contribution in [2.24, 2.45) is 0 Å². The van der Waals surface area contributed by atoms with Crippen molar-refractivity contribution >= 4 is 0 Å². The molecule has 2 fully saturated rings. The fourth-order valence-electron chi connectivity index (χ4n) is 3.47. The number of hydrogen-bond donors (Lipinski definition) is 1. The second-order valence-electron chi connectivity index (χ2n) is 6.78. The number of nitrogens with zero attached hydrogens (tertiary/aromatic N) is 1. The van der Waals surface area contributed by atoms with Gasteiger partial charge in [0.05, 0.1) is 13.2 Å². The smallest absolute Gasteiger partial charge is 0.291 e. The van der Waals surface area contributed by atoms with Crippen LogP contribution in [0, 0.1) is 10.1 Å². The van der Waals surface area contributed by atoms with E-state index >= 15 is 0 Å². The van der Waals surface area contributed by atoms with E-state index in [0.29, 0.717) is 0 Å². The minimum Gasteiger partial charge on any atom is -0.383 e. The van der Waals surface area contributed by atoms with Gasteiger partial charge in [-0.3, -0.25) is 10.1 Å². The topological polar surface area (TPSA) is 100 Å². The van der Waals surface area contributed by atoms with Crippen LogP contribution in [-0.2, 0) is 25.6 Å². The Kier molecular flexibility index (Phi) is 5.65. The lowest BCUT2D eigenvalue weighted by molar-refractivity contribution is -0.579. The number of nitro groups is 1. The van der Waals surface area contributed by atoms with E-state index in [1.807, 2.05) is 60.7 Å². The van der Waals surface area contributed by atoms with Crippen molar-refractivity contribution in [3.8, 4) is 0 Å². The first-order chi connectivity index (χ1) is 13.6. The van der Waals surface area contributed by atoms with Crippen molar-refractivity contribution in [1.82, 2.24) is 0 Å². The summed E-state index contributed by atoms with van der Waals surface area (Å²) in [5.74, 6) is 0. The van der Waals surface area contributed by atoms with Gasteiger partial charge in [0.25, 0.3) is 6.04 Å². The highest BCUT2D eigenvalue weighted by molar-refractivity contribution is 5.17. The highest BCUT2D eigenvalue weighted by atomic mass is 16.8. The van der Waals surface area contributed by atoms with Crippen molar-refractivity contribution in [1.29, 1.82) is 0 Å². The molecule has 8 heteroatoms. The highest BCUT2D eigenvalue weighted by Crippen LogP contribution is 2.35. The monoisotopic (exact) mass is 387 g/mol. The first-order valence-corrected chi connectivity index (χ1v) is 9.08. The van der Waals surface area contributed by atoms with Gasteiger partial charge in [-0.15, -0.1) is 0 Å². The first kappa shape index (κ1) is 19.0. The molecular weight excluding hydrogens is 366 g/mol. The molecule has 2 aliphatic heterocycles. The number of hydrogen-bond acceptors (Lipinski definition) is 7. The molecule has 2 aliphatic rings. The van der Waals surface area contributed by atoms with E-state index in [2.05, 4.69) is 0 Å². The molecule has 2 heterocycles. The number of benzene rings is 2. The van der Waals surface area contributed by atoms with Gasteiger partial charge in [0.2, 0.25) is 6.29 Å². The lowest BCUT2D eigenvalue weighted by Crippen LogP contribution is -2.64. The Balaban J connectivity index is 1.47. The summed E-state index contributed by atoms with van der Waals surface area (Å²) in [5.41, 5.74) is 1.62. The maximum absolute atomic E-state index is 11.6. The van der Waals surface area contributed by atoms with Crippen LogP contribution in [0.25, 0.3) is 0 Å². The van der Waals surface area contributed by atoms with Crippen molar-refractivity contribution in [2.75, 3.05) is 6.61 Å². The van der Waals surface area contributed by atoms with Crippen molar-refractivity contribution in [3.63, 3.8) is 0 Å². The minimum atomic E-state index is -1.46. The zero-order chi connectivity index (χ0) is 19.5. The van der Waals surface area contributed by atoms with E-state index in [1.165, 1.54) is 0 Å². The van der Waals surface area contributed by atoms with E-state index in [-0.39, 0.29) is 13.2 Å². The third-order valence-electron chi connectivity index (χ3n) is 4.91. The molecule has 4 rings (SSSR count). The van der Waals surface area contributed by atoms with Crippen molar-refractivity contribution in [3.05, 3.63) is 81.9 Å². The molecule has 148 valence electrons. The molecule has 2 saturated heterocycles. The third-order valence-corrected chi connectivity index (χ3v) is 4.91. The number of aliphatic hydroxyl groups excluding tert-OH is 1. The Morgan fingerprint density at radius 3 is 2.43 bits per heavy atom. The molecule has 0 radical (unpaired) electrons. The van der Waals surface area contributed by atoms with Crippen LogP contribution in [0.4, 0.5) is 0 Å². The lowest BCUT2D eigenvalue weighted by atomic mass is 9.96. The van der Waals surface area contributed by atoms with E-state index in [0.717, 1.165) is 11.1 Å². The van der Waals surface area contributed by atoms with Crippen LogP contribution in [0.2, 0.25) is 0 Å². The van der Waals surface area contributed by atoms with Crippen molar-refractivity contribution in [2.45, 2.75) is 43.5 Å². The molecule has 1 unspecified atom stereocenters. The minimum absolute atomic E-state index is 0.133. The number of aliphatic hydroxyl groups is 1. The summed E-state index contributed by atoms with van der Waals surface area (Å²) in [6.45, 7) is 0.269. The summed E-state index contributed by atoms with van der Waals surface area (Å²) in [6, 6.07) is 17.0. The number of fused-ring (bicyclic) bond motifs is 1. The van der Waals surface area contributed by atoms with Crippen LogP contribution in [0.5, 0.6) is 0 Å². The first-order valence-electron chi connectivity index (χ1n) is 9.08. The Morgan fingerprint density at radius 2 is 1.75 bits per heavy atom. The van der Waals surface area contributed by atoms with Gasteiger partial charge in [-0.1, -0.05) is 60.7 Å². The zero-order valence-corrected chi connectivity index (χ0v) is 15.0. The summed E-state index contributed by atoms with van der Waals surface area (Å²) < 4.78 is 22.9. The van der Waals surface area contributed by atoms with Gasteiger partial charge in [-0.2, -0.15) is 0 Å². The summed E-state index contributed by atoms with van der Waals surface area (Å²) in [6.07, 6.45) is -4.84. The largest absolute Gasteiger partial charge is 0.383 e. The van der Waals surface area contributed by atoms with Crippen LogP contribution in [-0.4, -0.2) is 47.3 Å². The lowest BCUT2D eigenvalue weighted by Gasteiger charge is -2.44. The predicted molar refractivity (Wildman–Crippen MR) is 96.7 cm³/mol. The van der Waals surface area contributed by atoms with Gasteiger partial charge >= 0.3 is 0 Å². The molecule has 0 bridgehead atoms. The third kappa shape index (κ3) is 3.91. The molecule has 28 heavy (non-hydrogen) atoms. The van der Waals surface area contributed by atoms with Crippen molar-refractivity contribution < 1.29 is 29.0 Å². The fraction of sp³-hybridized carbons (Fsp3) is 0.400.